The maximum atomic E-state index is 12.9. The summed E-state index contributed by atoms with van der Waals surface area (Å²) < 4.78 is 12.9. The molecule has 0 spiro atoms. The Labute approximate surface area is 110 Å². The van der Waals surface area contributed by atoms with Crippen LogP contribution in [-0.2, 0) is 0 Å². The van der Waals surface area contributed by atoms with Crippen molar-refractivity contribution in [3.63, 3.8) is 0 Å². The highest BCUT2D eigenvalue weighted by molar-refractivity contribution is 7.14. The van der Waals surface area contributed by atoms with Gasteiger partial charge >= 0.3 is 0 Å². The highest BCUT2D eigenvalue weighted by Gasteiger charge is 2.21. The Bertz CT molecular complexity index is 535. The molecule has 2 heterocycles. The molecule has 3 rings (SSSR count). The zero-order chi connectivity index (χ0) is 12.5. The maximum Gasteiger partial charge on any atom is 0.185 e. The number of nitrogens with zero attached hydrogens (tertiary/aromatic N) is 2. The Kier molecular flexibility index (Phi) is 3.04. The second kappa shape index (κ2) is 4.69. The van der Waals surface area contributed by atoms with Gasteiger partial charge in [0.05, 0.1) is 5.69 Å². The molecule has 1 atom stereocenters. The highest BCUT2D eigenvalue weighted by atomic mass is 32.1. The van der Waals surface area contributed by atoms with Crippen molar-refractivity contribution in [3.8, 4) is 11.3 Å². The Morgan fingerprint density at radius 2 is 2.11 bits per heavy atom. The van der Waals surface area contributed by atoms with Crippen LogP contribution < -0.4 is 4.90 Å². The molecule has 2 aromatic rings. The molecule has 1 saturated heterocycles. The van der Waals surface area contributed by atoms with Gasteiger partial charge in [0, 0.05) is 24.0 Å². The van der Waals surface area contributed by atoms with Gasteiger partial charge in [0.25, 0.3) is 0 Å². The molecule has 18 heavy (non-hydrogen) atoms. The average molecular weight is 262 g/mol. The minimum atomic E-state index is -0.206. The van der Waals surface area contributed by atoms with Crippen LogP contribution in [0.15, 0.2) is 29.6 Å². The molecule has 1 aliphatic heterocycles. The van der Waals surface area contributed by atoms with Crippen LogP contribution in [0.2, 0.25) is 0 Å². The van der Waals surface area contributed by atoms with E-state index in [9.17, 15) is 4.39 Å². The molecule has 1 unspecified atom stereocenters. The minimum Gasteiger partial charge on any atom is -0.348 e. The van der Waals surface area contributed by atoms with Gasteiger partial charge in [-0.15, -0.1) is 11.3 Å². The number of rotatable bonds is 2. The smallest absolute Gasteiger partial charge is 0.185 e. The molecule has 4 heteroatoms. The first-order valence-electron chi connectivity index (χ1n) is 6.19. The number of benzene rings is 1. The number of hydrogen-bond acceptors (Lipinski definition) is 3. The zero-order valence-corrected chi connectivity index (χ0v) is 11.1. The number of thiazole rings is 1. The first-order valence-corrected chi connectivity index (χ1v) is 7.07. The van der Waals surface area contributed by atoms with E-state index in [0.29, 0.717) is 0 Å². The number of halogens is 1. The lowest BCUT2D eigenvalue weighted by Gasteiger charge is -2.13. The first-order chi connectivity index (χ1) is 8.72. The summed E-state index contributed by atoms with van der Waals surface area (Å²) in [6.07, 6.45) is 1.24. The molecule has 2 nitrogen and oxygen atoms in total. The largest absolute Gasteiger partial charge is 0.348 e. The number of aromatic nitrogens is 1. The molecule has 0 radical (unpaired) electrons. The monoisotopic (exact) mass is 262 g/mol. The van der Waals surface area contributed by atoms with Crippen LogP contribution in [0.25, 0.3) is 11.3 Å². The molecule has 0 aliphatic carbocycles. The van der Waals surface area contributed by atoms with Crippen molar-refractivity contribution in [2.24, 2.45) is 5.92 Å². The molecule has 1 aromatic heterocycles. The van der Waals surface area contributed by atoms with E-state index in [2.05, 4.69) is 16.8 Å². The molecule has 0 bridgehead atoms. The predicted octanol–water partition coefficient (Wildman–Crippen LogP) is 3.80. The van der Waals surface area contributed by atoms with E-state index in [-0.39, 0.29) is 5.82 Å². The predicted molar refractivity (Wildman–Crippen MR) is 73.5 cm³/mol. The number of anilines is 1. The van der Waals surface area contributed by atoms with Crippen LogP contribution in [0.1, 0.15) is 13.3 Å². The van der Waals surface area contributed by atoms with Crippen molar-refractivity contribution in [3.05, 3.63) is 35.5 Å². The zero-order valence-electron chi connectivity index (χ0n) is 10.3. The lowest BCUT2D eigenvalue weighted by atomic mass is 10.2. The van der Waals surface area contributed by atoms with Crippen molar-refractivity contribution >= 4 is 16.5 Å². The summed E-state index contributed by atoms with van der Waals surface area (Å²) in [5, 5.41) is 3.13. The standard InChI is InChI=1S/C14H15FN2S/c1-10-6-7-17(8-10)14-16-13(9-18-14)11-2-4-12(15)5-3-11/h2-5,9-10H,6-8H2,1H3. The van der Waals surface area contributed by atoms with Gasteiger partial charge in [0.2, 0.25) is 0 Å². The van der Waals surface area contributed by atoms with Gasteiger partial charge in [0.15, 0.2) is 5.13 Å². The van der Waals surface area contributed by atoms with Crippen molar-refractivity contribution in [2.75, 3.05) is 18.0 Å². The van der Waals surface area contributed by atoms with E-state index in [1.54, 1.807) is 23.5 Å². The number of hydrogen-bond donors (Lipinski definition) is 0. The highest BCUT2D eigenvalue weighted by Crippen LogP contribution is 2.30. The van der Waals surface area contributed by atoms with Crippen molar-refractivity contribution in [2.45, 2.75) is 13.3 Å². The third-order valence-corrected chi connectivity index (χ3v) is 4.23. The summed E-state index contributed by atoms with van der Waals surface area (Å²) in [6, 6.07) is 6.51. The third kappa shape index (κ3) is 2.25. The molecular formula is C14H15FN2S. The van der Waals surface area contributed by atoms with Crippen molar-refractivity contribution < 1.29 is 4.39 Å². The van der Waals surface area contributed by atoms with E-state index >= 15 is 0 Å². The summed E-state index contributed by atoms with van der Waals surface area (Å²) in [5.74, 6) is 0.547. The fraction of sp³-hybridized carbons (Fsp3) is 0.357. The van der Waals surface area contributed by atoms with Crippen LogP contribution in [-0.4, -0.2) is 18.1 Å². The fourth-order valence-electron chi connectivity index (χ4n) is 2.27. The first kappa shape index (κ1) is 11.7. The summed E-state index contributed by atoms with van der Waals surface area (Å²) >= 11 is 1.67. The topological polar surface area (TPSA) is 16.1 Å². The summed E-state index contributed by atoms with van der Waals surface area (Å²) in [6.45, 7) is 4.46. The van der Waals surface area contributed by atoms with Crippen LogP contribution in [0.4, 0.5) is 9.52 Å². The van der Waals surface area contributed by atoms with Gasteiger partial charge in [-0.05, 0) is 36.6 Å². The van der Waals surface area contributed by atoms with E-state index in [1.807, 2.05) is 5.38 Å². The fourth-order valence-corrected chi connectivity index (χ4v) is 3.14. The molecule has 0 saturated carbocycles. The lowest BCUT2D eigenvalue weighted by Crippen LogP contribution is -2.18. The minimum absolute atomic E-state index is 0.206. The second-order valence-electron chi connectivity index (χ2n) is 4.86. The van der Waals surface area contributed by atoms with Crippen LogP contribution in [0.5, 0.6) is 0 Å². The van der Waals surface area contributed by atoms with Gasteiger partial charge in [-0.25, -0.2) is 9.37 Å². The normalized spacial score (nSPS) is 19.4. The van der Waals surface area contributed by atoms with Crippen LogP contribution >= 0.6 is 11.3 Å². The maximum absolute atomic E-state index is 12.9. The Balaban J connectivity index is 1.83. The van der Waals surface area contributed by atoms with E-state index in [1.165, 1.54) is 18.6 Å². The quantitative estimate of drug-likeness (QED) is 0.818. The third-order valence-electron chi connectivity index (χ3n) is 3.33. The van der Waals surface area contributed by atoms with Gasteiger partial charge < -0.3 is 4.90 Å². The molecule has 94 valence electrons. The van der Waals surface area contributed by atoms with Crippen LogP contribution in [0, 0.1) is 11.7 Å². The Hall–Kier alpha value is -1.42. The summed E-state index contributed by atoms with van der Waals surface area (Å²) in [7, 11) is 0. The Morgan fingerprint density at radius 3 is 2.78 bits per heavy atom. The molecule has 1 aromatic carbocycles. The van der Waals surface area contributed by atoms with Gasteiger partial charge in [-0.3, -0.25) is 0 Å². The van der Waals surface area contributed by atoms with E-state index < -0.39 is 0 Å². The van der Waals surface area contributed by atoms with Gasteiger partial charge in [0.1, 0.15) is 5.82 Å². The molecule has 1 aliphatic rings. The van der Waals surface area contributed by atoms with Crippen LogP contribution in [0.3, 0.4) is 0 Å². The molecule has 0 N–H and O–H groups in total. The lowest BCUT2D eigenvalue weighted by molar-refractivity contribution is 0.628. The van der Waals surface area contributed by atoms with Crippen molar-refractivity contribution in [1.29, 1.82) is 0 Å². The van der Waals surface area contributed by atoms with Gasteiger partial charge in [-0.1, -0.05) is 6.92 Å². The SMILES string of the molecule is CC1CCN(c2nc(-c3ccc(F)cc3)cs2)C1. The molecular weight excluding hydrogens is 247 g/mol. The molecule has 0 amide bonds. The van der Waals surface area contributed by atoms with E-state index in [0.717, 1.165) is 35.4 Å². The van der Waals surface area contributed by atoms with Crippen molar-refractivity contribution in [1.82, 2.24) is 4.98 Å². The average Bonchev–Trinajstić information content (AvgIpc) is 2.98. The van der Waals surface area contributed by atoms with Gasteiger partial charge in [-0.2, -0.15) is 0 Å². The Morgan fingerprint density at radius 1 is 1.33 bits per heavy atom. The summed E-state index contributed by atoms with van der Waals surface area (Å²) in [5.41, 5.74) is 1.92. The molecule has 1 fully saturated rings. The summed E-state index contributed by atoms with van der Waals surface area (Å²) in [4.78, 5) is 6.98. The second-order valence-corrected chi connectivity index (χ2v) is 5.70. The van der Waals surface area contributed by atoms with E-state index in [4.69, 9.17) is 0 Å².